The monoisotopic (exact) mass is 192 g/mol. The van der Waals surface area contributed by atoms with Crippen molar-refractivity contribution in [3.05, 3.63) is 29.3 Å². The molecule has 4 N–H and O–H groups in total. The number of aliphatic hydroxyl groups is 1. The summed E-state index contributed by atoms with van der Waals surface area (Å²) in [5, 5.41) is 12.1. The molecule has 0 radical (unpaired) electrons. The summed E-state index contributed by atoms with van der Waals surface area (Å²) in [6, 6.07) is 6.48. The first kappa shape index (κ1) is 9.49. The van der Waals surface area contributed by atoms with E-state index in [0.29, 0.717) is 12.6 Å². The molecule has 3 nitrogen and oxygen atoms in total. The quantitative estimate of drug-likeness (QED) is 0.622. The topological polar surface area (TPSA) is 58.3 Å². The van der Waals surface area contributed by atoms with E-state index >= 15 is 0 Å². The van der Waals surface area contributed by atoms with E-state index in [9.17, 15) is 0 Å². The Morgan fingerprint density at radius 3 is 3.14 bits per heavy atom. The molecule has 76 valence electrons. The molecule has 1 unspecified atom stereocenters. The highest BCUT2D eigenvalue weighted by atomic mass is 16.3. The van der Waals surface area contributed by atoms with Gasteiger partial charge in [0.05, 0.1) is 6.61 Å². The van der Waals surface area contributed by atoms with Gasteiger partial charge in [-0.05, 0) is 36.1 Å². The Balaban J connectivity index is 2.14. The van der Waals surface area contributed by atoms with Gasteiger partial charge in [-0.15, -0.1) is 0 Å². The number of nitrogens with two attached hydrogens (primary N) is 1. The molecule has 0 aliphatic heterocycles. The first-order chi connectivity index (χ1) is 6.81. The molecule has 2 rings (SSSR count). The lowest BCUT2D eigenvalue weighted by Crippen LogP contribution is -2.22. The van der Waals surface area contributed by atoms with Crippen LogP contribution in [0, 0.1) is 0 Å². The molecule has 1 aromatic rings. The zero-order valence-electron chi connectivity index (χ0n) is 8.16. The maximum Gasteiger partial charge on any atom is 0.0556 e. The van der Waals surface area contributed by atoms with Crippen molar-refractivity contribution in [1.82, 2.24) is 5.32 Å². The molecule has 0 fully saturated rings. The zero-order valence-corrected chi connectivity index (χ0v) is 8.16. The van der Waals surface area contributed by atoms with Crippen LogP contribution in [-0.4, -0.2) is 18.3 Å². The number of aliphatic hydroxyl groups excluding tert-OH is 1. The molecule has 14 heavy (non-hydrogen) atoms. The van der Waals surface area contributed by atoms with E-state index in [4.69, 9.17) is 10.8 Å². The van der Waals surface area contributed by atoms with Crippen LogP contribution in [0.3, 0.4) is 0 Å². The number of fused-ring (bicyclic) bond motifs is 1. The molecule has 0 aromatic heterocycles. The maximum absolute atomic E-state index is 8.74. The van der Waals surface area contributed by atoms with Crippen molar-refractivity contribution in [3.63, 3.8) is 0 Å². The molecule has 0 spiro atoms. The van der Waals surface area contributed by atoms with E-state index in [2.05, 4.69) is 17.4 Å². The van der Waals surface area contributed by atoms with E-state index in [0.717, 1.165) is 18.5 Å². The van der Waals surface area contributed by atoms with Crippen molar-refractivity contribution in [2.45, 2.75) is 18.9 Å². The first-order valence-electron chi connectivity index (χ1n) is 5.04. The van der Waals surface area contributed by atoms with Crippen molar-refractivity contribution in [1.29, 1.82) is 0 Å². The number of rotatable bonds is 3. The number of aryl methyl sites for hydroxylation is 1. The highest BCUT2D eigenvalue weighted by Gasteiger charge is 2.21. The van der Waals surface area contributed by atoms with Crippen LogP contribution in [0.5, 0.6) is 0 Å². The Hall–Kier alpha value is -1.06. The van der Waals surface area contributed by atoms with E-state index in [1.807, 2.05) is 6.07 Å². The van der Waals surface area contributed by atoms with Crippen LogP contribution >= 0.6 is 0 Å². The Morgan fingerprint density at radius 1 is 1.50 bits per heavy atom. The van der Waals surface area contributed by atoms with Gasteiger partial charge in [-0.2, -0.15) is 0 Å². The van der Waals surface area contributed by atoms with E-state index < -0.39 is 0 Å². The van der Waals surface area contributed by atoms with Gasteiger partial charge in [0, 0.05) is 18.3 Å². The third-order valence-electron chi connectivity index (χ3n) is 2.75. The van der Waals surface area contributed by atoms with Crippen molar-refractivity contribution >= 4 is 5.69 Å². The lowest BCUT2D eigenvalue weighted by molar-refractivity contribution is 0.284. The highest BCUT2D eigenvalue weighted by molar-refractivity contribution is 5.47. The molecule has 1 atom stereocenters. The van der Waals surface area contributed by atoms with Gasteiger partial charge >= 0.3 is 0 Å². The fraction of sp³-hybridized carbons (Fsp3) is 0.455. The minimum atomic E-state index is 0.195. The minimum absolute atomic E-state index is 0.195. The van der Waals surface area contributed by atoms with Gasteiger partial charge in [-0.25, -0.2) is 0 Å². The van der Waals surface area contributed by atoms with Crippen molar-refractivity contribution in [3.8, 4) is 0 Å². The van der Waals surface area contributed by atoms with Crippen LogP contribution in [0.2, 0.25) is 0 Å². The van der Waals surface area contributed by atoms with Gasteiger partial charge in [0.1, 0.15) is 0 Å². The van der Waals surface area contributed by atoms with Gasteiger partial charge in [-0.3, -0.25) is 0 Å². The molecular formula is C11H16N2O. The molecule has 3 heteroatoms. The Bertz CT molecular complexity index is 325. The Morgan fingerprint density at radius 2 is 2.36 bits per heavy atom. The number of hydrogen-bond acceptors (Lipinski definition) is 3. The number of benzene rings is 1. The maximum atomic E-state index is 8.74. The molecule has 0 saturated carbocycles. The summed E-state index contributed by atoms with van der Waals surface area (Å²) in [4.78, 5) is 0. The summed E-state index contributed by atoms with van der Waals surface area (Å²) < 4.78 is 0. The molecule has 0 heterocycles. The van der Waals surface area contributed by atoms with Crippen LogP contribution in [0.15, 0.2) is 18.2 Å². The molecule has 0 saturated heterocycles. The molecule has 1 aromatic carbocycles. The average molecular weight is 192 g/mol. The smallest absolute Gasteiger partial charge is 0.0556 e. The zero-order chi connectivity index (χ0) is 9.97. The lowest BCUT2D eigenvalue weighted by Gasteiger charge is -2.12. The lowest BCUT2D eigenvalue weighted by atomic mass is 10.1. The van der Waals surface area contributed by atoms with Crippen LogP contribution in [0.1, 0.15) is 23.6 Å². The number of nitrogen functional groups attached to an aromatic ring is 1. The van der Waals surface area contributed by atoms with Crippen LogP contribution < -0.4 is 11.1 Å². The third-order valence-corrected chi connectivity index (χ3v) is 2.75. The van der Waals surface area contributed by atoms with E-state index in [-0.39, 0.29) is 6.61 Å². The van der Waals surface area contributed by atoms with E-state index in [1.54, 1.807) is 0 Å². The Kier molecular flexibility index (Phi) is 2.70. The highest BCUT2D eigenvalue weighted by Crippen LogP contribution is 2.31. The van der Waals surface area contributed by atoms with Crippen molar-refractivity contribution in [2.24, 2.45) is 0 Å². The average Bonchev–Trinajstić information content (AvgIpc) is 2.57. The second kappa shape index (κ2) is 3.98. The summed E-state index contributed by atoms with van der Waals surface area (Å²) in [6.07, 6.45) is 2.20. The largest absolute Gasteiger partial charge is 0.399 e. The number of hydrogen-bond donors (Lipinski definition) is 3. The normalized spacial score (nSPS) is 19.6. The molecule has 1 aliphatic rings. The molecule has 0 bridgehead atoms. The minimum Gasteiger partial charge on any atom is -0.399 e. The molecular weight excluding hydrogens is 176 g/mol. The second-order valence-corrected chi connectivity index (χ2v) is 3.73. The van der Waals surface area contributed by atoms with E-state index in [1.165, 1.54) is 11.1 Å². The first-order valence-corrected chi connectivity index (χ1v) is 5.04. The second-order valence-electron chi connectivity index (χ2n) is 3.73. The summed E-state index contributed by atoms with van der Waals surface area (Å²) in [7, 11) is 0. The predicted molar refractivity (Wildman–Crippen MR) is 57.0 cm³/mol. The summed E-state index contributed by atoms with van der Waals surface area (Å²) in [6.45, 7) is 0.856. The third kappa shape index (κ3) is 1.74. The SMILES string of the molecule is Nc1ccc2c(c1)CCC2NCCO. The van der Waals surface area contributed by atoms with Gasteiger partial charge in [-0.1, -0.05) is 6.07 Å². The number of nitrogens with one attached hydrogen (secondary N) is 1. The van der Waals surface area contributed by atoms with Crippen LogP contribution in [0.4, 0.5) is 5.69 Å². The fourth-order valence-electron chi connectivity index (χ4n) is 2.09. The molecule has 0 amide bonds. The van der Waals surface area contributed by atoms with Gasteiger partial charge in [0.25, 0.3) is 0 Å². The van der Waals surface area contributed by atoms with Crippen LogP contribution in [0.25, 0.3) is 0 Å². The number of anilines is 1. The summed E-state index contributed by atoms with van der Waals surface area (Å²) in [5.74, 6) is 0. The van der Waals surface area contributed by atoms with Gasteiger partial charge in [0.2, 0.25) is 0 Å². The van der Waals surface area contributed by atoms with Gasteiger partial charge < -0.3 is 16.2 Å². The standard InChI is InChI=1S/C11H16N2O/c12-9-2-3-10-8(7-9)1-4-11(10)13-5-6-14/h2-3,7,11,13-14H,1,4-6,12H2. The molecule has 1 aliphatic carbocycles. The fourth-order valence-corrected chi connectivity index (χ4v) is 2.09. The summed E-state index contributed by atoms with van der Waals surface area (Å²) >= 11 is 0. The summed E-state index contributed by atoms with van der Waals surface area (Å²) in [5.41, 5.74) is 9.24. The van der Waals surface area contributed by atoms with Gasteiger partial charge in [0.15, 0.2) is 0 Å². The van der Waals surface area contributed by atoms with Crippen molar-refractivity contribution in [2.75, 3.05) is 18.9 Å². The Labute approximate surface area is 83.9 Å². The van der Waals surface area contributed by atoms with Crippen LogP contribution in [-0.2, 0) is 6.42 Å². The van der Waals surface area contributed by atoms with Crippen molar-refractivity contribution < 1.29 is 5.11 Å². The predicted octanol–water partition coefficient (Wildman–Crippen LogP) is 0.838.